The summed E-state index contributed by atoms with van der Waals surface area (Å²) < 4.78 is 17.8. The fraction of sp³-hybridized carbons (Fsp3) is 0.188. The summed E-state index contributed by atoms with van der Waals surface area (Å²) in [7, 11) is 1.35. The molecule has 110 valence electrons. The number of methoxy groups -OCH3 is 1. The van der Waals surface area contributed by atoms with Gasteiger partial charge in [-0.2, -0.15) is 0 Å². The molecule has 3 nitrogen and oxygen atoms in total. The molecule has 2 rings (SSSR count). The smallest absolute Gasteiger partial charge is 0.337 e. The van der Waals surface area contributed by atoms with Crippen LogP contribution < -0.4 is 5.32 Å². The zero-order chi connectivity index (χ0) is 15.4. The van der Waals surface area contributed by atoms with E-state index < -0.39 is 5.82 Å². The summed E-state index contributed by atoms with van der Waals surface area (Å²) in [5.41, 5.74) is 3.19. The van der Waals surface area contributed by atoms with Gasteiger partial charge in [-0.25, -0.2) is 9.18 Å². The van der Waals surface area contributed by atoms with E-state index in [0.29, 0.717) is 12.1 Å². The van der Waals surface area contributed by atoms with Crippen LogP contribution in [0.1, 0.15) is 21.5 Å². The Labute approximate surface area is 127 Å². The van der Waals surface area contributed by atoms with Gasteiger partial charge in [-0.1, -0.05) is 17.7 Å². The van der Waals surface area contributed by atoms with E-state index in [4.69, 9.17) is 11.6 Å². The molecule has 0 atom stereocenters. The summed E-state index contributed by atoms with van der Waals surface area (Å²) in [5.74, 6) is -0.797. The number of carbonyl (C=O) groups excluding carboxylic acids is 1. The number of esters is 1. The van der Waals surface area contributed by atoms with Gasteiger partial charge in [0.1, 0.15) is 5.82 Å². The minimum Gasteiger partial charge on any atom is -0.465 e. The third-order valence-corrected chi connectivity index (χ3v) is 3.40. The Morgan fingerprint density at radius 1 is 1.29 bits per heavy atom. The van der Waals surface area contributed by atoms with Crippen LogP contribution in [0, 0.1) is 12.7 Å². The first-order valence-electron chi connectivity index (χ1n) is 6.38. The van der Waals surface area contributed by atoms with Crippen LogP contribution >= 0.6 is 11.6 Å². The molecular weight excluding hydrogens is 293 g/mol. The van der Waals surface area contributed by atoms with Crippen LogP contribution in [-0.4, -0.2) is 13.1 Å². The average molecular weight is 308 g/mol. The van der Waals surface area contributed by atoms with Crippen LogP contribution in [0.5, 0.6) is 0 Å². The Kier molecular flexibility index (Phi) is 4.81. The number of hydrogen-bond acceptors (Lipinski definition) is 3. The number of aryl methyl sites for hydroxylation is 1. The van der Waals surface area contributed by atoms with Crippen LogP contribution in [0.4, 0.5) is 10.1 Å². The lowest BCUT2D eigenvalue weighted by atomic mass is 10.1. The SMILES string of the molecule is COC(=O)c1ccc(NCc2ccc(F)c(Cl)c2)c(C)c1. The van der Waals surface area contributed by atoms with Gasteiger partial charge in [-0.3, -0.25) is 0 Å². The summed E-state index contributed by atoms with van der Waals surface area (Å²) in [6.07, 6.45) is 0. The van der Waals surface area contributed by atoms with E-state index in [1.54, 1.807) is 24.3 Å². The second-order valence-corrected chi connectivity index (χ2v) is 5.03. The first-order chi connectivity index (χ1) is 10.0. The highest BCUT2D eigenvalue weighted by Gasteiger charge is 2.07. The molecule has 0 amide bonds. The molecule has 21 heavy (non-hydrogen) atoms. The topological polar surface area (TPSA) is 38.3 Å². The van der Waals surface area contributed by atoms with E-state index in [1.807, 2.05) is 13.0 Å². The molecule has 0 radical (unpaired) electrons. The highest BCUT2D eigenvalue weighted by Crippen LogP contribution is 2.20. The van der Waals surface area contributed by atoms with Crippen LogP contribution in [0.25, 0.3) is 0 Å². The lowest BCUT2D eigenvalue weighted by Crippen LogP contribution is -2.05. The monoisotopic (exact) mass is 307 g/mol. The quantitative estimate of drug-likeness (QED) is 0.861. The predicted molar refractivity (Wildman–Crippen MR) is 81.3 cm³/mol. The van der Waals surface area contributed by atoms with Gasteiger partial charge in [0, 0.05) is 12.2 Å². The Balaban J connectivity index is 2.09. The number of hydrogen-bond donors (Lipinski definition) is 1. The second kappa shape index (κ2) is 6.59. The number of carbonyl (C=O) groups is 1. The molecule has 5 heteroatoms. The number of nitrogens with one attached hydrogen (secondary N) is 1. The molecule has 2 aromatic carbocycles. The summed E-state index contributed by atoms with van der Waals surface area (Å²) in [4.78, 5) is 11.4. The summed E-state index contributed by atoms with van der Waals surface area (Å²) in [5, 5.41) is 3.33. The van der Waals surface area contributed by atoms with Crippen molar-refractivity contribution in [2.75, 3.05) is 12.4 Å². The normalized spacial score (nSPS) is 10.3. The first-order valence-corrected chi connectivity index (χ1v) is 6.76. The molecule has 0 fully saturated rings. The van der Waals surface area contributed by atoms with Crippen LogP contribution in [0.2, 0.25) is 5.02 Å². The third kappa shape index (κ3) is 3.73. The molecule has 0 aromatic heterocycles. The number of rotatable bonds is 4. The van der Waals surface area contributed by atoms with Gasteiger partial charge < -0.3 is 10.1 Å². The highest BCUT2D eigenvalue weighted by atomic mass is 35.5. The lowest BCUT2D eigenvalue weighted by Gasteiger charge is -2.11. The van der Waals surface area contributed by atoms with Crippen molar-refractivity contribution >= 4 is 23.3 Å². The van der Waals surface area contributed by atoms with Crippen molar-refractivity contribution in [1.82, 2.24) is 0 Å². The van der Waals surface area contributed by atoms with Crippen LogP contribution in [-0.2, 0) is 11.3 Å². The predicted octanol–water partition coefficient (Wildman–Crippen LogP) is 4.19. The molecule has 0 heterocycles. The molecular formula is C16H15ClFNO2. The number of ether oxygens (including phenoxy) is 1. The van der Waals surface area contributed by atoms with E-state index >= 15 is 0 Å². The van der Waals surface area contributed by atoms with Gasteiger partial charge in [0.15, 0.2) is 0 Å². The first kappa shape index (κ1) is 15.3. The van der Waals surface area contributed by atoms with Crippen LogP contribution in [0.15, 0.2) is 36.4 Å². The van der Waals surface area contributed by atoms with Gasteiger partial charge in [0.05, 0.1) is 17.7 Å². The molecule has 2 aromatic rings. The molecule has 0 aliphatic heterocycles. The zero-order valence-electron chi connectivity index (χ0n) is 11.7. The number of benzene rings is 2. The molecule has 0 bridgehead atoms. The maximum Gasteiger partial charge on any atom is 0.337 e. The van der Waals surface area contributed by atoms with Crippen LogP contribution in [0.3, 0.4) is 0 Å². The Bertz CT molecular complexity index is 673. The maximum absolute atomic E-state index is 13.1. The second-order valence-electron chi connectivity index (χ2n) is 4.62. The van der Waals surface area contributed by atoms with Crippen molar-refractivity contribution in [2.45, 2.75) is 13.5 Å². The van der Waals surface area contributed by atoms with E-state index in [0.717, 1.165) is 16.8 Å². The molecule has 0 saturated carbocycles. The fourth-order valence-corrected chi connectivity index (χ4v) is 2.16. The largest absolute Gasteiger partial charge is 0.465 e. The van der Waals surface area contributed by atoms with E-state index in [9.17, 15) is 9.18 Å². The summed E-state index contributed by atoms with van der Waals surface area (Å²) in [6.45, 7) is 2.41. The maximum atomic E-state index is 13.1. The van der Waals surface area contributed by atoms with Gasteiger partial charge in [-0.05, 0) is 48.4 Å². The van der Waals surface area contributed by atoms with Gasteiger partial charge in [0.25, 0.3) is 0 Å². The van der Waals surface area contributed by atoms with Crippen molar-refractivity contribution in [3.05, 3.63) is 63.9 Å². The van der Waals surface area contributed by atoms with Gasteiger partial charge in [0.2, 0.25) is 0 Å². The molecule has 0 saturated heterocycles. The summed E-state index contributed by atoms with van der Waals surface area (Å²) in [6, 6.07) is 9.86. The van der Waals surface area contributed by atoms with E-state index in [2.05, 4.69) is 10.1 Å². The van der Waals surface area contributed by atoms with Crippen molar-refractivity contribution in [3.8, 4) is 0 Å². The highest BCUT2D eigenvalue weighted by molar-refractivity contribution is 6.30. The van der Waals surface area contributed by atoms with Crippen molar-refractivity contribution in [1.29, 1.82) is 0 Å². The van der Waals surface area contributed by atoms with Gasteiger partial charge in [-0.15, -0.1) is 0 Å². The van der Waals surface area contributed by atoms with Crippen molar-refractivity contribution in [3.63, 3.8) is 0 Å². The molecule has 0 spiro atoms. The zero-order valence-corrected chi connectivity index (χ0v) is 12.5. The molecule has 0 aliphatic rings. The fourth-order valence-electron chi connectivity index (χ4n) is 1.95. The Morgan fingerprint density at radius 2 is 2.05 bits per heavy atom. The van der Waals surface area contributed by atoms with E-state index in [-0.39, 0.29) is 11.0 Å². The molecule has 0 unspecified atom stereocenters. The minimum absolute atomic E-state index is 0.104. The third-order valence-electron chi connectivity index (χ3n) is 3.11. The Hall–Kier alpha value is -2.07. The standard InChI is InChI=1S/C16H15ClFNO2/c1-10-7-12(16(20)21-2)4-6-15(10)19-9-11-3-5-14(18)13(17)8-11/h3-8,19H,9H2,1-2H3. The van der Waals surface area contributed by atoms with Crippen molar-refractivity contribution in [2.24, 2.45) is 0 Å². The molecule has 0 aliphatic carbocycles. The van der Waals surface area contributed by atoms with E-state index in [1.165, 1.54) is 13.2 Å². The molecule has 1 N–H and O–H groups in total. The number of anilines is 1. The minimum atomic E-state index is -0.431. The lowest BCUT2D eigenvalue weighted by molar-refractivity contribution is 0.0600. The Morgan fingerprint density at radius 3 is 2.67 bits per heavy atom. The average Bonchev–Trinajstić information content (AvgIpc) is 2.48. The summed E-state index contributed by atoms with van der Waals surface area (Å²) >= 11 is 5.74. The number of halogens is 2. The van der Waals surface area contributed by atoms with Crippen molar-refractivity contribution < 1.29 is 13.9 Å². The van der Waals surface area contributed by atoms with Gasteiger partial charge >= 0.3 is 5.97 Å².